The summed E-state index contributed by atoms with van der Waals surface area (Å²) in [7, 11) is -3.26. The maximum absolute atomic E-state index is 14.2. The maximum Gasteiger partial charge on any atom is 0.267 e. The summed E-state index contributed by atoms with van der Waals surface area (Å²) in [6.07, 6.45) is 2.40. The van der Waals surface area contributed by atoms with Crippen LogP contribution in [0.4, 0.5) is 24.9 Å². The second kappa shape index (κ2) is 8.86. The fraction of sp³-hybridized carbons (Fsp3) is 0.667. The van der Waals surface area contributed by atoms with Crippen LogP contribution in [0.1, 0.15) is 51.4 Å². The standard InChI is InChI=1S/C21H29F3N6O2S/c1-12-11-30(33(3,31)32)8-6-15(12)27-20-25-10-14-9-16(13(2)22)26-19(18(14)29-20)28-17-5-4-7-21(17,23)24/h9-10,12-13,15,17H,4-8,11H2,1-3H3,(H,26,28)(H,25,27,29). The molecule has 2 N–H and O–H groups in total. The van der Waals surface area contributed by atoms with E-state index in [0.29, 0.717) is 36.8 Å². The molecule has 8 nitrogen and oxygen atoms in total. The number of fused-ring (bicyclic) bond motifs is 1. The minimum atomic E-state index is -3.26. The molecule has 12 heteroatoms. The van der Waals surface area contributed by atoms with E-state index < -0.39 is 28.2 Å². The molecule has 182 valence electrons. The van der Waals surface area contributed by atoms with Gasteiger partial charge in [0.2, 0.25) is 16.0 Å². The number of halogens is 3. The van der Waals surface area contributed by atoms with Crippen LogP contribution in [-0.2, 0) is 10.0 Å². The zero-order valence-electron chi connectivity index (χ0n) is 18.9. The van der Waals surface area contributed by atoms with Crippen molar-refractivity contribution in [2.45, 2.75) is 63.7 Å². The van der Waals surface area contributed by atoms with Crippen molar-refractivity contribution in [2.75, 3.05) is 30.0 Å². The third kappa shape index (κ3) is 5.16. The Morgan fingerprint density at radius 2 is 2.00 bits per heavy atom. The summed E-state index contributed by atoms with van der Waals surface area (Å²) in [5.74, 6) is -2.46. The minimum Gasteiger partial charge on any atom is -0.359 e. The van der Waals surface area contributed by atoms with Gasteiger partial charge in [-0.2, -0.15) is 0 Å². The summed E-state index contributed by atoms with van der Waals surface area (Å²) >= 11 is 0. The topological polar surface area (TPSA) is 100 Å². The van der Waals surface area contributed by atoms with E-state index in [0.717, 1.165) is 0 Å². The van der Waals surface area contributed by atoms with Gasteiger partial charge in [0.05, 0.1) is 18.0 Å². The van der Waals surface area contributed by atoms with Gasteiger partial charge in [-0.25, -0.2) is 40.8 Å². The van der Waals surface area contributed by atoms with Crippen molar-refractivity contribution >= 4 is 32.7 Å². The number of sulfonamides is 1. The smallest absolute Gasteiger partial charge is 0.267 e. The van der Waals surface area contributed by atoms with Crippen molar-refractivity contribution < 1.29 is 21.6 Å². The molecule has 0 spiro atoms. The molecular weight excluding hydrogens is 457 g/mol. The number of pyridine rings is 1. The highest BCUT2D eigenvalue weighted by atomic mass is 32.2. The SMILES string of the molecule is CC(F)c1cc2cnc(NC3CCN(S(C)(=O)=O)CC3C)nc2c(NC2CCCC2(F)F)n1. The molecule has 4 rings (SSSR count). The monoisotopic (exact) mass is 486 g/mol. The van der Waals surface area contributed by atoms with E-state index >= 15 is 0 Å². The number of anilines is 2. The quantitative estimate of drug-likeness (QED) is 0.642. The van der Waals surface area contributed by atoms with Crippen LogP contribution in [0.15, 0.2) is 12.3 Å². The number of alkyl halides is 3. The first-order valence-corrected chi connectivity index (χ1v) is 13.0. The first-order chi connectivity index (χ1) is 15.4. The minimum absolute atomic E-state index is 0.00966. The van der Waals surface area contributed by atoms with Crippen molar-refractivity contribution in [2.24, 2.45) is 5.92 Å². The number of nitrogens with one attached hydrogen (secondary N) is 2. The fourth-order valence-corrected chi connectivity index (χ4v) is 5.44. The van der Waals surface area contributed by atoms with Crippen molar-refractivity contribution in [3.8, 4) is 0 Å². The lowest BCUT2D eigenvalue weighted by atomic mass is 9.95. The Labute approximate surface area is 191 Å². The van der Waals surface area contributed by atoms with E-state index in [1.54, 1.807) is 0 Å². The average Bonchev–Trinajstić information content (AvgIpc) is 3.06. The van der Waals surface area contributed by atoms with E-state index in [1.807, 2.05) is 6.92 Å². The van der Waals surface area contributed by atoms with Gasteiger partial charge in [0.15, 0.2) is 5.82 Å². The number of nitrogens with zero attached hydrogens (tertiary/aromatic N) is 4. The van der Waals surface area contributed by atoms with Gasteiger partial charge in [-0.3, -0.25) is 0 Å². The first kappa shape index (κ1) is 23.9. The Morgan fingerprint density at radius 3 is 2.61 bits per heavy atom. The Bertz CT molecular complexity index is 1130. The molecular formula is C21H29F3N6O2S. The molecule has 3 heterocycles. The first-order valence-electron chi connectivity index (χ1n) is 11.1. The van der Waals surface area contributed by atoms with E-state index in [4.69, 9.17) is 0 Å². The van der Waals surface area contributed by atoms with Crippen molar-refractivity contribution in [3.63, 3.8) is 0 Å². The molecule has 0 amide bonds. The molecule has 2 aromatic rings. The van der Waals surface area contributed by atoms with E-state index in [9.17, 15) is 21.6 Å². The molecule has 1 saturated carbocycles. The Hall–Kier alpha value is -2.21. The molecule has 2 fully saturated rings. The van der Waals surface area contributed by atoms with Crippen LogP contribution in [0.25, 0.3) is 10.9 Å². The molecule has 2 aromatic heterocycles. The van der Waals surface area contributed by atoms with E-state index in [-0.39, 0.29) is 42.3 Å². The lowest BCUT2D eigenvalue weighted by molar-refractivity contribution is -0.000659. The second-order valence-electron chi connectivity index (χ2n) is 9.13. The molecule has 1 aliphatic carbocycles. The van der Waals surface area contributed by atoms with Crippen LogP contribution in [0.2, 0.25) is 0 Å². The number of hydrogen-bond donors (Lipinski definition) is 2. The molecule has 33 heavy (non-hydrogen) atoms. The zero-order valence-corrected chi connectivity index (χ0v) is 19.7. The van der Waals surface area contributed by atoms with Crippen LogP contribution in [-0.4, -0.2) is 65.0 Å². The van der Waals surface area contributed by atoms with Gasteiger partial charge < -0.3 is 10.6 Å². The number of rotatable bonds is 6. The lowest BCUT2D eigenvalue weighted by Crippen LogP contribution is -2.47. The van der Waals surface area contributed by atoms with Gasteiger partial charge in [0.1, 0.15) is 11.7 Å². The summed E-state index contributed by atoms with van der Waals surface area (Å²) in [6, 6.07) is 0.369. The summed E-state index contributed by atoms with van der Waals surface area (Å²) < 4.78 is 67.6. The van der Waals surface area contributed by atoms with Gasteiger partial charge in [-0.15, -0.1) is 0 Å². The summed E-state index contributed by atoms with van der Waals surface area (Å²) in [5.41, 5.74) is 0.457. The van der Waals surface area contributed by atoms with Gasteiger partial charge >= 0.3 is 0 Å². The summed E-state index contributed by atoms with van der Waals surface area (Å²) in [4.78, 5) is 13.1. The van der Waals surface area contributed by atoms with Crippen LogP contribution in [0.3, 0.4) is 0 Å². The Kier molecular flexibility index (Phi) is 6.43. The summed E-state index contributed by atoms with van der Waals surface area (Å²) in [5, 5.41) is 6.56. The molecule has 0 bridgehead atoms. The lowest BCUT2D eigenvalue weighted by Gasteiger charge is -2.35. The van der Waals surface area contributed by atoms with Crippen LogP contribution in [0, 0.1) is 5.92 Å². The zero-order chi connectivity index (χ0) is 24.0. The van der Waals surface area contributed by atoms with E-state index in [2.05, 4.69) is 25.6 Å². The largest absolute Gasteiger partial charge is 0.359 e. The average molecular weight is 487 g/mol. The van der Waals surface area contributed by atoms with Gasteiger partial charge in [0.25, 0.3) is 5.92 Å². The maximum atomic E-state index is 14.2. The highest BCUT2D eigenvalue weighted by Crippen LogP contribution is 2.38. The van der Waals surface area contributed by atoms with Crippen molar-refractivity contribution in [1.82, 2.24) is 19.3 Å². The Balaban J connectivity index is 1.61. The van der Waals surface area contributed by atoms with Crippen molar-refractivity contribution in [1.29, 1.82) is 0 Å². The predicted octanol–water partition coefficient (Wildman–Crippen LogP) is 3.74. The number of piperidine rings is 1. The molecule has 1 saturated heterocycles. The summed E-state index contributed by atoms with van der Waals surface area (Å²) in [6.45, 7) is 4.05. The highest BCUT2D eigenvalue weighted by molar-refractivity contribution is 7.88. The molecule has 2 aliphatic rings. The van der Waals surface area contributed by atoms with Crippen LogP contribution < -0.4 is 10.6 Å². The molecule has 0 aromatic carbocycles. The van der Waals surface area contributed by atoms with Crippen LogP contribution in [0.5, 0.6) is 0 Å². The van der Waals surface area contributed by atoms with Crippen LogP contribution >= 0.6 is 0 Å². The van der Waals surface area contributed by atoms with E-state index in [1.165, 1.54) is 29.7 Å². The predicted molar refractivity (Wildman–Crippen MR) is 121 cm³/mol. The Morgan fingerprint density at radius 1 is 1.24 bits per heavy atom. The molecule has 4 atom stereocenters. The van der Waals surface area contributed by atoms with Gasteiger partial charge in [0, 0.05) is 37.1 Å². The highest BCUT2D eigenvalue weighted by Gasteiger charge is 2.44. The number of aromatic nitrogens is 3. The van der Waals surface area contributed by atoms with Gasteiger partial charge in [-0.05, 0) is 38.2 Å². The fourth-order valence-electron chi connectivity index (χ4n) is 4.49. The molecule has 4 unspecified atom stereocenters. The van der Waals surface area contributed by atoms with Gasteiger partial charge in [-0.1, -0.05) is 6.92 Å². The van der Waals surface area contributed by atoms with Crippen molar-refractivity contribution in [3.05, 3.63) is 18.0 Å². The second-order valence-corrected chi connectivity index (χ2v) is 11.1. The third-order valence-corrected chi connectivity index (χ3v) is 7.74. The third-order valence-electron chi connectivity index (χ3n) is 6.47. The molecule has 1 aliphatic heterocycles. The molecule has 0 radical (unpaired) electrons. The number of hydrogen-bond acceptors (Lipinski definition) is 7. The normalized spacial score (nSPS) is 26.9.